The van der Waals surface area contributed by atoms with Crippen LogP contribution in [0, 0.1) is 22.2 Å². The summed E-state index contributed by atoms with van der Waals surface area (Å²) in [7, 11) is 2.90. The predicted molar refractivity (Wildman–Crippen MR) is 166 cm³/mol. The van der Waals surface area contributed by atoms with Crippen LogP contribution in [0.15, 0.2) is 78.9 Å². The number of nitrogens with zero attached hydrogens (tertiary/aromatic N) is 1. The van der Waals surface area contributed by atoms with Crippen LogP contribution in [0.1, 0.15) is 72.3 Å². The Kier molecular flexibility index (Phi) is 6.48. The lowest BCUT2D eigenvalue weighted by molar-refractivity contribution is -0.217. The molecule has 1 unspecified atom stereocenters. The molecule has 9 rings (SSSR count). The minimum Gasteiger partial charge on any atom is -0.468 e. The molecular weight excluding hydrogens is 582 g/mol. The number of likely N-dealkylation sites (tertiary alicyclic amines) is 1. The molecule has 3 aromatic rings. The van der Waals surface area contributed by atoms with Crippen molar-refractivity contribution < 1.29 is 33.4 Å². The van der Waals surface area contributed by atoms with Crippen LogP contribution < -0.4 is 0 Å². The van der Waals surface area contributed by atoms with Crippen molar-refractivity contribution in [1.82, 2.24) is 4.90 Å². The van der Waals surface area contributed by atoms with E-state index in [4.69, 9.17) is 14.2 Å². The summed E-state index contributed by atoms with van der Waals surface area (Å²) in [6.07, 6.45) is 2.25. The predicted octanol–water partition coefficient (Wildman–Crippen LogP) is 5.26. The van der Waals surface area contributed by atoms with Crippen molar-refractivity contribution >= 4 is 23.6 Å². The van der Waals surface area contributed by atoms with Crippen molar-refractivity contribution in [2.24, 2.45) is 22.2 Å². The molecule has 2 amide bonds. The SMILES string of the molecule is COC(=O)C1(C[C@@H]2C[C@@]34C(=O)N(C)C(=O)[C@]3(C2)C2(OCOCc3ccccc3)c3ccccc3C4c3ccccc32)CCCC1=O. The number of benzene rings is 3. The van der Waals surface area contributed by atoms with Gasteiger partial charge in [-0.1, -0.05) is 78.9 Å². The number of esters is 1. The van der Waals surface area contributed by atoms with E-state index in [1.165, 1.54) is 12.0 Å². The van der Waals surface area contributed by atoms with Crippen molar-refractivity contribution in [1.29, 1.82) is 0 Å². The molecule has 46 heavy (non-hydrogen) atoms. The van der Waals surface area contributed by atoms with Crippen LogP contribution in [-0.4, -0.2) is 49.4 Å². The Balaban J connectivity index is 1.31. The molecule has 8 nitrogen and oxygen atoms in total. The van der Waals surface area contributed by atoms with Gasteiger partial charge in [0.25, 0.3) is 0 Å². The van der Waals surface area contributed by atoms with Gasteiger partial charge in [-0.2, -0.15) is 0 Å². The van der Waals surface area contributed by atoms with Crippen molar-refractivity contribution in [2.75, 3.05) is 21.0 Å². The van der Waals surface area contributed by atoms with Crippen LogP contribution in [0.5, 0.6) is 0 Å². The lowest BCUT2D eigenvalue weighted by Gasteiger charge is -2.62. The standard InChI is InChI=1S/C38H37NO7/c1-39-32(41)36-20-25(19-35(34(43)44-2)18-10-17-30(35)40)21-37(36,33(39)42)38(46-23-45-22-24-11-4-3-5-12-24)28-15-8-6-13-26(28)31(36)27-14-7-9-16-29(27)38/h3-9,11-16,25,31H,10,17-23H2,1-2H3/t25-,31?,35?,36-,37+,38?/m1/s1. The van der Waals surface area contributed by atoms with Crippen molar-refractivity contribution in [3.8, 4) is 0 Å². The molecule has 4 atom stereocenters. The summed E-state index contributed by atoms with van der Waals surface area (Å²) in [6, 6.07) is 25.8. The highest BCUT2D eigenvalue weighted by molar-refractivity contribution is 6.13. The fourth-order valence-corrected chi connectivity index (χ4v) is 10.5. The Morgan fingerprint density at radius 1 is 0.870 bits per heavy atom. The Hall–Kier alpha value is -4.14. The Bertz CT molecular complexity index is 1740. The number of hydrogen-bond acceptors (Lipinski definition) is 7. The minimum atomic E-state index is -1.34. The fourth-order valence-electron chi connectivity index (χ4n) is 10.5. The quantitative estimate of drug-likeness (QED) is 0.111. The number of methoxy groups -OCH3 is 1. The summed E-state index contributed by atoms with van der Waals surface area (Å²) >= 11 is 0. The highest BCUT2D eigenvalue weighted by Gasteiger charge is 2.87. The second-order valence-corrected chi connectivity index (χ2v) is 13.8. The number of carbonyl (C=O) groups excluding carboxylic acids is 4. The van der Waals surface area contributed by atoms with E-state index in [2.05, 4.69) is 12.1 Å². The van der Waals surface area contributed by atoms with Gasteiger partial charge in [0.15, 0.2) is 0 Å². The average molecular weight is 620 g/mol. The third kappa shape index (κ3) is 3.36. The van der Waals surface area contributed by atoms with E-state index in [-0.39, 0.29) is 36.7 Å². The molecule has 5 aliphatic carbocycles. The topological polar surface area (TPSA) is 99.2 Å². The zero-order valence-electron chi connectivity index (χ0n) is 26.1. The van der Waals surface area contributed by atoms with E-state index in [1.807, 2.05) is 66.7 Å². The Morgan fingerprint density at radius 3 is 2.15 bits per heavy atom. The average Bonchev–Trinajstić information content (AvgIpc) is 3.69. The summed E-state index contributed by atoms with van der Waals surface area (Å²) in [5, 5.41) is 0. The third-order valence-corrected chi connectivity index (χ3v) is 11.9. The number of amides is 2. The van der Waals surface area contributed by atoms with Gasteiger partial charge in [0.05, 0.1) is 19.1 Å². The first-order valence-corrected chi connectivity index (χ1v) is 16.2. The zero-order chi connectivity index (χ0) is 31.9. The van der Waals surface area contributed by atoms with Gasteiger partial charge in [0.2, 0.25) is 11.8 Å². The summed E-state index contributed by atoms with van der Waals surface area (Å²) < 4.78 is 18.4. The lowest BCUT2D eigenvalue weighted by atomic mass is 9.40. The van der Waals surface area contributed by atoms with Gasteiger partial charge in [-0.25, -0.2) is 0 Å². The molecule has 6 aliphatic rings. The number of hydrogen-bond donors (Lipinski definition) is 0. The first-order valence-electron chi connectivity index (χ1n) is 16.2. The lowest BCUT2D eigenvalue weighted by Crippen LogP contribution is -2.66. The van der Waals surface area contributed by atoms with Crippen LogP contribution >= 0.6 is 0 Å². The molecular formula is C38H37NO7. The molecule has 0 aromatic heterocycles. The monoisotopic (exact) mass is 619 g/mol. The van der Waals surface area contributed by atoms with Gasteiger partial charge in [-0.05, 0) is 65.8 Å². The van der Waals surface area contributed by atoms with Crippen LogP contribution in [0.25, 0.3) is 0 Å². The van der Waals surface area contributed by atoms with E-state index in [0.29, 0.717) is 38.7 Å². The van der Waals surface area contributed by atoms with Gasteiger partial charge < -0.3 is 14.2 Å². The molecule has 0 radical (unpaired) electrons. The molecule has 1 aliphatic heterocycles. The van der Waals surface area contributed by atoms with Gasteiger partial charge in [-0.3, -0.25) is 24.1 Å². The first-order chi connectivity index (χ1) is 22.3. The largest absolute Gasteiger partial charge is 0.468 e. The summed E-state index contributed by atoms with van der Waals surface area (Å²) in [6.45, 7) is 0.209. The van der Waals surface area contributed by atoms with Crippen LogP contribution in [0.2, 0.25) is 0 Å². The number of ether oxygens (including phenoxy) is 3. The van der Waals surface area contributed by atoms with Gasteiger partial charge in [-0.15, -0.1) is 0 Å². The molecule has 3 fully saturated rings. The summed E-state index contributed by atoms with van der Waals surface area (Å²) in [5.74, 6) is -1.80. The number of imide groups is 1. The van der Waals surface area contributed by atoms with Crippen LogP contribution in [-0.2, 0) is 45.6 Å². The van der Waals surface area contributed by atoms with Crippen LogP contribution in [0.4, 0.5) is 0 Å². The number of rotatable bonds is 8. The number of ketones is 1. The summed E-state index contributed by atoms with van der Waals surface area (Å²) in [4.78, 5) is 57.7. The van der Waals surface area contributed by atoms with E-state index >= 15 is 0 Å². The van der Waals surface area contributed by atoms with Crippen molar-refractivity contribution in [3.63, 3.8) is 0 Å². The Labute approximate surface area is 268 Å². The van der Waals surface area contributed by atoms with E-state index in [9.17, 15) is 19.2 Å². The smallest absolute Gasteiger partial charge is 0.319 e. The molecule has 8 heteroatoms. The molecule has 236 valence electrons. The molecule has 2 saturated carbocycles. The van der Waals surface area contributed by atoms with Gasteiger partial charge in [0.1, 0.15) is 29.0 Å². The van der Waals surface area contributed by atoms with Crippen molar-refractivity contribution in [2.45, 2.75) is 56.7 Å². The number of carbonyl (C=O) groups is 4. The van der Waals surface area contributed by atoms with E-state index in [1.54, 1.807) is 7.05 Å². The normalized spacial score (nSPS) is 33.5. The molecule has 1 saturated heterocycles. The van der Waals surface area contributed by atoms with Crippen molar-refractivity contribution in [3.05, 3.63) is 107 Å². The zero-order valence-corrected chi connectivity index (χ0v) is 26.1. The Morgan fingerprint density at radius 2 is 1.52 bits per heavy atom. The third-order valence-electron chi connectivity index (χ3n) is 11.9. The maximum absolute atomic E-state index is 15.0. The maximum atomic E-state index is 15.0. The molecule has 0 spiro atoms. The first kappa shape index (κ1) is 29.3. The summed E-state index contributed by atoms with van der Waals surface area (Å²) in [5.41, 5.74) is -0.402. The highest BCUT2D eigenvalue weighted by Crippen LogP contribution is 2.81. The second kappa shape index (κ2) is 10.2. The second-order valence-electron chi connectivity index (χ2n) is 13.8. The highest BCUT2D eigenvalue weighted by atomic mass is 16.7. The van der Waals surface area contributed by atoms with Gasteiger partial charge >= 0.3 is 5.97 Å². The van der Waals surface area contributed by atoms with E-state index in [0.717, 1.165) is 27.8 Å². The van der Waals surface area contributed by atoms with Crippen LogP contribution in [0.3, 0.4) is 0 Å². The fraction of sp³-hybridized carbons (Fsp3) is 0.421. The minimum absolute atomic E-state index is 0.111. The molecule has 0 N–H and O–H groups in total. The maximum Gasteiger partial charge on any atom is 0.319 e. The van der Waals surface area contributed by atoms with Gasteiger partial charge in [0, 0.05) is 19.4 Å². The molecule has 3 aromatic carbocycles. The number of Topliss-reactive ketones (excluding diaryl/α,β-unsaturated/α-hetero) is 1. The molecule has 1 heterocycles. The molecule has 2 bridgehead atoms. The van der Waals surface area contributed by atoms with E-state index < -0.39 is 33.7 Å².